The SMILES string of the molecule is O=C(O)C1(Cc2cccc(C(F)(F)F)c2)CCCCC1=O. The minimum atomic E-state index is -4.48. The molecule has 0 bridgehead atoms. The Balaban J connectivity index is 2.34. The van der Waals surface area contributed by atoms with Crippen LogP contribution in [0.5, 0.6) is 0 Å². The molecule has 1 fully saturated rings. The van der Waals surface area contributed by atoms with Crippen LogP contribution < -0.4 is 0 Å². The van der Waals surface area contributed by atoms with Crippen LogP contribution in [0, 0.1) is 5.41 Å². The first-order valence-electron chi connectivity index (χ1n) is 6.68. The summed E-state index contributed by atoms with van der Waals surface area (Å²) in [5.74, 6) is -1.64. The third kappa shape index (κ3) is 3.09. The highest BCUT2D eigenvalue weighted by molar-refractivity contribution is 6.03. The lowest BCUT2D eigenvalue weighted by molar-refractivity contribution is -0.157. The Kier molecular flexibility index (Phi) is 4.07. The second kappa shape index (κ2) is 5.50. The second-order valence-corrected chi connectivity index (χ2v) is 5.39. The minimum Gasteiger partial charge on any atom is -0.480 e. The summed E-state index contributed by atoms with van der Waals surface area (Å²) < 4.78 is 38.1. The van der Waals surface area contributed by atoms with E-state index in [-0.39, 0.29) is 24.8 Å². The number of hydrogen-bond donors (Lipinski definition) is 1. The van der Waals surface area contributed by atoms with Crippen molar-refractivity contribution in [1.82, 2.24) is 0 Å². The molecule has 0 saturated heterocycles. The maximum Gasteiger partial charge on any atom is 0.416 e. The van der Waals surface area contributed by atoms with Crippen LogP contribution in [0.3, 0.4) is 0 Å². The molecule has 1 aliphatic carbocycles. The normalized spacial score (nSPS) is 23.1. The Bertz CT molecular complexity index is 566. The monoisotopic (exact) mass is 300 g/mol. The number of Topliss-reactive ketones (excluding diaryl/α,β-unsaturated/α-hetero) is 1. The zero-order valence-electron chi connectivity index (χ0n) is 11.2. The first-order chi connectivity index (χ1) is 9.75. The average Bonchev–Trinajstić information content (AvgIpc) is 2.40. The molecule has 1 saturated carbocycles. The Hall–Kier alpha value is -1.85. The van der Waals surface area contributed by atoms with Crippen LogP contribution in [0.2, 0.25) is 0 Å². The average molecular weight is 300 g/mol. The lowest BCUT2D eigenvalue weighted by Gasteiger charge is -2.31. The zero-order chi connectivity index (χ0) is 15.7. The summed E-state index contributed by atoms with van der Waals surface area (Å²) in [5, 5.41) is 9.41. The number of hydrogen-bond acceptors (Lipinski definition) is 2. The molecule has 1 N–H and O–H groups in total. The van der Waals surface area contributed by atoms with Gasteiger partial charge in [-0.3, -0.25) is 9.59 Å². The maximum absolute atomic E-state index is 12.7. The summed E-state index contributed by atoms with van der Waals surface area (Å²) in [6.07, 6.45) is -3.09. The highest BCUT2D eigenvalue weighted by Gasteiger charge is 2.47. The molecule has 1 unspecified atom stereocenters. The molecule has 1 aliphatic rings. The first kappa shape index (κ1) is 15.5. The van der Waals surface area contributed by atoms with Crippen molar-refractivity contribution in [3.05, 3.63) is 35.4 Å². The molecule has 6 heteroatoms. The van der Waals surface area contributed by atoms with Gasteiger partial charge in [-0.15, -0.1) is 0 Å². The van der Waals surface area contributed by atoms with Gasteiger partial charge >= 0.3 is 12.1 Å². The van der Waals surface area contributed by atoms with Crippen molar-refractivity contribution in [1.29, 1.82) is 0 Å². The molecule has 0 aromatic heterocycles. The Morgan fingerprint density at radius 2 is 2.00 bits per heavy atom. The fourth-order valence-corrected chi connectivity index (χ4v) is 2.79. The van der Waals surface area contributed by atoms with Crippen molar-refractivity contribution >= 4 is 11.8 Å². The van der Waals surface area contributed by atoms with Crippen molar-refractivity contribution in [3.8, 4) is 0 Å². The van der Waals surface area contributed by atoms with E-state index in [0.29, 0.717) is 12.8 Å². The number of carbonyl (C=O) groups excluding carboxylic acids is 1. The van der Waals surface area contributed by atoms with Crippen molar-refractivity contribution in [2.75, 3.05) is 0 Å². The van der Waals surface area contributed by atoms with Crippen molar-refractivity contribution in [3.63, 3.8) is 0 Å². The highest BCUT2D eigenvalue weighted by atomic mass is 19.4. The number of alkyl halides is 3. The van der Waals surface area contributed by atoms with E-state index in [1.54, 1.807) is 0 Å². The molecule has 0 heterocycles. The molecule has 21 heavy (non-hydrogen) atoms. The van der Waals surface area contributed by atoms with Crippen molar-refractivity contribution in [2.45, 2.75) is 38.3 Å². The topological polar surface area (TPSA) is 54.4 Å². The molecule has 1 aromatic rings. The third-order valence-corrected chi connectivity index (χ3v) is 3.96. The van der Waals surface area contributed by atoms with Gasteiger partial charge in [0, 0.05) is 6.42 Å². The molecule has 0 aliphatic heterocycles. The molecule has 1 atom stereocenters. The number of carbonyl (C=O) groups is 2. The molecule has 2 rings (SSSR count). The number of halogens is 3. The van der Waals surface area contributed by atoms with Gasteiger partial charge in [-0.05, 0) is 30.9 Å². The van der Waals surface area contributed by atoms with Gasteiger partial charge in [0.1, 0.15) is 5.41 Å². The third-order valence-electron chi connectivity index (χ3n) is 3.96. The van der Waals surface area contributed by atoms with Crippen LogP contribution in [0.1, 0.15) is 36.8 Å². The molecule has 0 spiro atoms. The van der Waals surface area contributed by atoms with Crippen LogP contribution in [-0.4, -0.2) is 16.9 Å². The maximum atomic E-state index is 12.7. The predicted octanol–water partition coefficient (Wildman–Crippen LogP) is 3.46. The molecule has 3 nitrogen and oxygen atoms in total. The molecular formula is C15H15F3O3. The van der Waals surface area contributed by atoms with E-state index in [4.69, 9.17) is 0 Å². The minimum absolute atomic E-state index is 0.172. The Morgan fingerprint density at radius 1 is 1.29 bits per heavy atom. The highest BCUT2D eigenvalue weighted by Crippen LogP contribution is 2.38. The lowest BCUT2D eigenvalue weighted by Crippen LogP contribution is -2.43. The lowest BCUT2D eigenvalue weighted by atomic mass is 9.69. The number of ketones is 1. The molecular weight excluding hydrogens is 285 g/mol. The van der Waals surface area contributed by atoms with E-state index in [1.165, 1.54) is 12.1 Å². The van der Waals surface area contributed by atoms with E-state index in [2.05, 4.69) is 0 Å². The van der Waals surface area contributed by atoms with E-state index < -0.39 is 28.9 Å². The van der Waals surface area contributed by atoms with Crippen LogP contribution in [0.15, 0.2) is 24.3 Å². The number of carboxylic acid groups (broad SMARTS) is 1. The summed E-state index contributed by atoms with van der Waals surface area (Å²) in [4.78, 5) is 23.6. The molecule has 114 valence electrons. The van der Waals surface area contributed by atoms with Crippen molar-refractivity contribution < 1.29 is 27.9 Å². The summed E-state index contributed by atoms with van der Waals surface area (Å²) in [6.45, 7) is 0. The standard InChI is InChI=1S/C15H15F3O3/c16-15(17,18)11-5-3-4-10(8-11)9-14(13(20)21)7-2-1-6-12(14)19/h3-5,8H,1-2,6-7,9H2,(H,20,21). The number of carboxylic acids is 1. The van der Waals surface area contributed by atoms with Gasteiger partial charge < -0.3 is 5.11 Å². The van der Waals surface area contributed by atoms with Crippen LogP contribution >= 0.6 is 0 Å². The quantitative estimate of drug-likeness (QED) is 0.870. The largest absolute Gasteiger partial charge is 0.480 e. The van der Waals surface area contributed by atoms with E-state index >= 15 is 0 Å². The summed E-state index contributed by atoms with van der Waals surface area (Å²) in [7, 11) is 0. The second-order valence-electron chi connectivity index (χ2n) is 5.39. The van der Waals surface area contributed by atoms with E-state index in [9.17, 15) is 27.9 Å². The molecule has 0 radical (unpaired) electrons. The first-order valence-corrected chi connectivity index (χ1v) is 6.68. The number of rotatable bonds is 3. The fourth-order valence-electron chi connectivity index (χ4n) is 2.79. The van der Waals surface area contributed by atoms with Gasteiger partial charge in [0.2, 0.25) is 0 Å². The zero-order valence-corrected chi connectivity index (χ0v) is 11.2. The molecule has 1 aromatic carbocycles. The van der Waals surface area contributed by atoms with Gasteiger partial charge in [0.05, 0.1) is 5.56 Å². The number of benzene rings is 1. The summed E-state index contributed by atoms with van der Waals surface area (Å²) in [6, 6.07) is 4.52. The van der Waals surface area contributed by atoms with Gasteiger partial charge in [-0.1, -0.05) is 24.6 Å². The van der Waals surface area contributed by atoms with Gasteiger partial charge in [-0.25, -0.2) is 0 Å². The van der Waals surface area contributed by atoms with Gasteiger partial charge in [0.25, 0.3) is 0 Å². The predicted molar refractivity (Wildman–Crippen MR) is 68.7 cm³/mol. The van der Waals surface area contributed by atoms with Crippen LogP contribution in [0.4, 0.5) is 13.2 Å². The Labute approximate surface area is 119 Å². The molecule has 0 amide bonds. The van der Waals surface area contributed by atoms with Crippen LogP contribution in [0.25, 0.3) is 0 Å². The van der Waals surface area contributed by atoms with Crippen molar-refractivity contribution in [2.24, 2.45) is 5.41 Å². The summed E-state index contributed by atoms with van der Waals surface area (Å²) in [5.41, 5.74) is -2.19. The fraction of sp³-hybridized carbons (Fsp3) is 0.467. The number of aliphatic carboxylic acids is 1. The smallest absolute Gasteiger partial charge is 0.416 e. The van der Waals surface area contributed by atoms with E-state index in [0.717, 1.165) is 12.1 Å². The summed E-state index contributed by atoms with van der Waals surface area (Å²) >= 11 is 0. The van der Waals surface area contributed by atoms with Gasteiger partial charge in [-0.2, -0.15) is 13.2 Å². The van der Waals surface area contributed by atoms with E-state index in [1.807, 2.05) is 0 Å². The van der Waals surface area contributed by atoms with Gasteiger partial charge in [0.15, 0.2) is 5.78 Å². The Morgan fingerprint density at radius 3 is 2.57 bits per heavy atom. The van der Waals surface area contributed by atoms with Crippen LogP contribution in [-0.2, 0) is 22.2 Å².